The molecule has 6 aliphatic rings. The molecule has 3 amide bonds. The first-order valence-corrected chi connectivity index (χ1v) is 19.3. The van der Waals surface area contributed by atoms with Crippen molar-refractivity contribution in [2.45, 2.75) is 80.7 Å². The number of hydrogen-bond acceptors (Lipinski definition) is 8. The van der Waals surface area contributed by atoms with Gasteiger partial charge in [0.15, 0.2) is 0 Å². The molecule has 0 aromatic heterocycles. The van der Waals surface area contributed by atoms with E-state index in [1.807, 2.05) is 53.4 Å². The number of hydrogen-bond donors (Lipinski definition) is 2. The number of oxime groups is 1. The second-order valence-corrected chi connectivity index (χ2v) is 16.4. The van der Waals surface area contributed by atoms with E-state index < -0.39 is 56.5 Å². The zero-order chi connectivity index (χ0) is 34.6. The summed E-state index contributed by atoms with van der Waals surface area (Å²) >= 11 is 0. The highest BCUT2D eigenvalue weighted by Crippen LogP contribution is 2.47. The summed E-state index contributed by atoms with van der Waals surface area (Å²) in [5.41, 5.74) is 3.09. The molecule has 2 N–H and O–H groups in total. The molecule has 0 saturated heterocycles. The predicted octanol–water partition coefficient (Wildman–Crippen LogP) is 4.22. The monoisotopic (exact) mass is 698 g/mol. The molecular weight excluding hydrogens is 657 g/mol. The minimum absolute atomic E-state index is 0.0908. The van der Waals surface area contributed by atoms with Crippen LogP contribution in [0.1, 0.15) is 68.9 Å². The first kappa shape index (κ1) is 32.7. The Kier molecular flexibility index (Phi) is 8.32. The molecule has 12 heteroatoms. The van der Waals surface area contributed by atoms with Gasteiger partial charge in [0.2, 0.25) is 21.8 Å². The van der Waals surface area contributed by atoms with Crippen molar-refractivity contribution in [2.75, 3.05) is 13.2 Å². The van der Waals surface area contributed by atoms with E-state index in [1.165, 1.54) is 0 Å². The minimum Gasteiger partial charge on any atom is -0.490 e. The number of carbonyl (C=O) groups is 3. The van der Waals surface area contributed by atoms with Crippen LogP contribution >= 0.6 is 0 Å². The number of amides is 3. The highest BCUT2D eigenvalue weighted by molar-refractivity contribution is 7.91. The van der Waals surface area contributed by atoms with Crippen molar-refractivity contribution in [2.24, 2.45) is 22.9 Å². The number of fused-ring (bicyclic) bond motifs is 6. The molecular formula is C38H42N4O7S. The van der Waals surface area contributed by atoms with Crippen LogP contribution in [0.5, 0.6) is 5.75 Å². The molecule has 262 valence electrons. The normalized spacial score (nSPS) is 30.7. The van der Waals surface area contributed by atoms with E-state index in [0.717, 1.165) is 53.7 Å². The number of rotatable bonds is 7. The van der Waals surface area contributed by atoms with E-state index in [0.29, 0.717) is 31.7 Å². The van der Waals surface area contributed by atoms with Crippen LogP contribution < -0.4 is 14.8 Å². The number of nitrogens with zero attached hydrogens (tertiary/aromatic N) is 2. The molecule has 2 aromatic rings. The predicted molar refractivity (Wildman–Crippen MR) is 186 cm³/mol. The summed E-state index contributed by atoms with van der Waals surface area (Å²) in [5.74, 6) is -2.50. The zero-order valence-corrected chi connectivity index (χ0v) is 28.7. The first-order chi connectivity index (χ1) is 24.2. The van der Waals surface area contributed by atoms with Gasteiger partial charge in [-0.2, -0.15) is 0 Å². The number of ether oxygens (including phenoxy) is 1. The van der Waals surface area contributed by atoms with Gasteiger partial charge >= 0.3 is 0 Å². The number of nitrogens with one attached hydrogen (secondary N) is 2. The number of benzene rings is 2. The summed E-state index contributed by atoms with van der Waals surface area (Å²) in [6, 6.07) is 14.1. The van der Waals surface area contributed by atoms with Gasteiger partial charge in [0.25, 0.3) is 5.91 Å². The van der Waals surface area contributed by atoms with Crippen LogP contribution in [0.3, 0.4) is 0 Å². The Morgan fingerprint density at radius 3 is 2.52 bits per heavy atom. The first-order valence-electron chi connectivity index (χ1n) is 17.8. The largest absolute Gasteiger partial charge is 0.490 e. The van der Waals surface area contributed by atoms with Crippen LogP contribution in [0.25, 0.3) is 11.1 Å². The Bertz CT molecular complexity index is 1920. The Morgan fingerprint density at radius 2 is 1.78 bits per heavy atom. The molecule has 50 heavy (non-hydrogen) atoms. The molecule has 5 aliphatic carbocycles. The van der Waals surface area contributed by atoms with E-state index in [-0.39, 0.29) is 31.2 Å². The van der Waals surface area contributed by atoms with Crippen LogP contribution in [-0.2, 0) is 29.2 Å². The van der Waals surface area contributed by atoms with Crippen LogP contribution in [0, 0.1) is 17.8 Å². The van der Waals surface area contributed by atoms with Crippen molar-refractivity contribution in [3.63, 3.8) is 0 Å². The van der Waals surface area contributed by atoms with Gasteiger partial charge < -0.3 is 19.8 Å². The third-order valence-corrected chi connectivity index (χ3v) is 12.8. The van der Waals surface area contributed by atoms with E-state index in [4.69, 9.17) is 9.57 Å². The molecule has 2 aromatic carbocycles. The van der Waals surface area contributed by atoms with Gasteiger partial charge in [0.05, 0.1) is 17.1 Å². The van der Waals surface area contributed by atoms with E-state index in [1.54, 1.807) is 6.08 Å². The number of sulfonamides is 1. The lowest BCUT2D eigenvalue weighted by molar-refractivity contribution is -0.142. The summed E-state index contributed by atoms with van der Waals surface area (Å²) in [6.07, 6.45) is 10.2. The van der Waals surface area contributed by atoms with Gasteiger partial charge in [-0.05, 0) is 87.1 Å². The molecule has 4 bridgehead atoms. The molecule has 8 rings (SSSR count). The molecule has 0 unspecified atom stereocenters. The topological polar surface area (TPSA) is 143 Å². The summed E-state index contributed by atoms with van der Waals surface area (Å²) in [5, 5.41) is 7.01. The van der Waals surface area contributed by atoms with E-state index in [9.17, 15) is 22.8 Å². The molecule has 4 fully saturated rings. The fourth-order valence-corrected chi connectivity index (χ4v) is 9.15. The summed E-state index contributed by atoms with van der Waals surface area (Å²) < 4.78 is 33.6. The molecule has 5 atom stereocenters. The average Bonchev–Trinajstić information content (AvgIpc) is 4.02. The van der Waals surface area contributed by atoms with Crippen LogP contribution in [0.2, 0.25) is 0 Å². The second-order valence-electron chi connectivity index (χ2n) is 14.5. The third kappa shape index (κ3) is 6.12. The Balaban J connectivity index is 1.10. The standard InChI is InChI=1S/C38H42N4O7S/c1-2-23-22-38(23,37(45)41-50(46,47)27-14-15-27)39-35(43)32-20-26-21-33(32)36(44)42(24-11-12-24)17-7-3-4-8-18-48-25-13-16-29-28-9-5-6-10-30(28)34(40-49-26)31(29)19-25/h2,4-6,8-10,13,16,19,23-24,26-27,32-33H,1,3,7,11-12,14-15,17-18,20-22H2,(H,39,43)(H,41,45)/b8-4-,40-34+/t23-,26-,32-,33-,38-/m1/s1. The summed E-state index contributed by atoms with van der Waals surface area (Å²) in [4.78, 5) is 50.2. The molecule has 4 saturated carbocycles. The summed E-state index contributed by atoms with van der Waals surface area (Å²) in [6.45, 7) is 4.79. The minimum atomic E-state index is -3.83. The van der Waals surface area contributed by atoms with Gasteiger partial charge in [-0.15, -0.1) is 6.58 Å². The van der Waals surface area contributed by atoms with Crippen molar-refractivity contribution < 1.29 is 32.4 Å². The maximum Gasteiger partial charge on any atom is 0.259 e. The van der Waals surface area contributed by atoms with Gasteiger partial charge in [-0.25, -0.2) is 8.42 Å². The van der Waals surface area contributed by atoms with Crippen LogP contribution in [0.4, 0.5) is 0 Å². The summed E-state index contributed by atoms with van der Waals surface area (Å²) in [7, 11) is -3.83. The lowest BCUT2D eigenvalue weighted by atomic mass is 9.92. The maximum atomic E-state index is 14.3. The van der Waals surface area contributed by atoms with Crippen LogP contribution in [0.15, 0.2) is 72.4 Å². The smallest absolute Gasteiger partial charge is 0.259 e. The molecule has 0 spiro atoms. The average molecular weight is 699 g/mol. The maximum absolute atomic E-state index is 14.3. The quantitative estimate of drug-likeness (QED) is 0.352. The SMILES string of the molecule is C=C[C@@H]1C[C@]1(NC(=O)[C@@H]1C[C@@H]2C[C@H]1C(=O)N(C1CC1)CCC/C=C\COc1ccc3c(c1)/C(=N/O2)c1ccccc1-3)C(=O)NS(=O)(=O)C1CC1. The van der Waals surface area contributed by atoms with E-state index in [2.05, 4.69) is 27.8 Å². The molecule has 0 radical (unpaired) electrons. The van der Waals surface area contributed by atoms with Gasteiger partial charge in [-0.3, -0.25) is 19.1 Å². The van der Waals surface area contributed by atoms with Gasteiger partial charge in [-0.1, -0.05) is 47.6 Å². The lowest BCUT2D eigenvalue weighted by Crippen LogP contribution is -2.54. The molecule has 1 heterocycles. The van der Waals surface area contributed by atoms with Crippen LogP contribution in [-0.4, -0.2) is 72.8 Å². The number of allylic oxidation sites excluding steroid dienone is 1. The highest BCUT2D eigenvalue weighted by Gasteiger charge is 2.62. The Labute approximate surface area is 292 Å². The van der Waals surface area contributed by atoms with Crippen molar-refractivity contribution in [3.8, 4) is 16.9 Å². The highest BCUT2D eigenvalue weighted by atomic mass is 32.2. The number of carbonyl (C=O) groups excluding carboxylic acids is 3. The fraction of sp³-hybridized carbons (Fsp3) is 0.474. The van der Waals surface area contributed by atoms with Crippen molar-refractivity contribution in [1.82, 2.24) is 14.9 Å². The Morgan fingerprint density at radius 1 is 1.00 bits per heavy atom. The second kappa shape index (κ2) is 12.7. The lowest BCUT2D eigenvalue weighted by Gasteiger charge is -2.29. The molecule has 11 nitrogen and oxygen atoms in total. The van der Waals surface area contributed by atoms with Crippen molar-refractivity contribution in [3.05, 3.63) is 78.4 Å². The van der Waals surface area contributed by atoms with E-state index >= 15 is 0 Å². The van der Waals surface area contributed by atoms with Crippen molar-refractivity contribution in [1.29, 1.82) is 0 Å². The third-order valence-electron chi connectivity index (χ3n) is 11.0. The van der Waals surface area contributed by atoms with Crippen molar-refractivity contribution >= 4 is 33.5 Å². The fourth-order valence-electron chi connectivity index (χ4n) is 7.79. The zero-order valence-electron chi connectivity index (χ0n) is 27.9. The van der Waals surface area contributed by atoms with Gasteiger partial charge in [0.1, 0.15) is 29.7 Å². The molecule has 1 aliphatic heterocycles. The van der Waals surface area contributed by atoms with Gasteiger partial charge in [0, 0.05) is 29.6 Å². The Hall–Kier alpha value is -4.45.